The second kappa shape index (κ2) is 9.56. The SMILES string of the molecule is Cc1ccccc1NC(=O)C(C#N)=c1sc(=Cc2ccc3c(c2)OCO3)c(=O)n1-c1ccccc1C. The standard InChI is InChI=1S/C28H21N3O4S/c1-17-7-3-5-9-21(17)30-26(32)20(15-29)28-31(22-10-6-4-8-18(22)2)27(33)25(36-28)14-19-11-12-23-24(13-19)35-16-34-23/h3-14H,16H2,1-2H3,(H,30,32). The third-order valence-corrected chi connectivity index (χ3v) is 6.91. The van der Waals surface area contributed by atoms with E-state index in [-0.39, 0.29) is 22.6 Å². The molecular formula is C28H21N3O4S. The van der Waals surface area contributed by atoms with Crippen molar-refractivity contribution in [2.45, 2.75) is 13.8 Å². The molecule has 1 aliphatic rings. The summed E-state index contributed by atoms with van der Waals surface area (Å²) in [6.45, 7) is 3.90. The summed E-state index contributed by atoms with van der Waals surface area (Å²) >= 11 is 1.10. The van der Waals surface area contributed by atoms with Crippen LogP contribution in [0.25, 0.3) is 17.3 Å². The molecule has 0 bridgehead atoms. The number of carbonyl (C=O) groups is 1. The van der Waals surface area contributed by atoms with Crippen LogP contribution in [0.5, 0.6) is 11.5 Å². The molecule has 1 aliphatic heterocycles. The van der Waals surface area contributed by atoms with Gasteiger partial charge in [0.2, 0.25) is 6.79 Å². The summed E-state index contributed by atoms with van der Waals surface area (Å²) in [7, 11) is 0. The van der Waals surface area contributed by atoms with E-state index in [0.29, 0.717) is 27.4 Å². The number of rotatable bonds is 4. The summed E-state index contributed by atoms with van der Waals surface area (Å²) in [5, 5.41) is 12.8. The monoisotopic (exact) mass is 495 g/mol. The van der Waals surface area contributed by atoms with Gasteiger partial charge in [-0.2, -0.15) is 5.26 Å². The van der Waals surface area contributed by atoms with Crippen molar-refractivity contribution in [2.75, 3.05) is 12.1 Å². The molecule has 2 heterocycles. The smallest absolute Gasteiger partial charge is 0.273 e. The van der Waals surface area contributed by atoms with Gasteiger partial charge < -0.3 is 14.8 Å². The lowest BCUT2D eigenvalue weighted by atomic mass is 10.2. The number of hydrogen-bond donors (Lipinski definition) is 1. The molecule has 0 unspecified atom stereocenters. The highest BCUT2D eigenvalue weighted by Gasteiger charge is 2.19. The van der Waals surface area contributed by atoms with E-state index >= 15 is 0 Å². The fourth-order valence-corrected chi connectivity index (χ4v) is 5.03. The van der Waals surface area contributed by atoms with Crippen molar-refractivity contribution in [3.05, 3.63) is 103 Å². The largest absolute Gasteiger partial charge is 0.454 e. The Bertz CT molecular complexity index is 1730. The van der Waals surface area contributed by atoms with Gasteiger partial charge in [0, 0.05) is 5.69 Å². The van der Waals surface area contributed by atoms with Crippen LogP contribution in [0.2, 0.25) is 0 Å². The number of para-hydroxylation sites is 2. The fraction of sp³-hybridized carbons (Fsp3) is 0.107. The number of aromatic nitrogens is 1. The molecule has 1 N–H and O–H groups in total. The van der Waals surface area contributed by atoms with Crippen molar-refractivity contribution < 1.29 is 14.3 Å². The van der Waals surface area contributed by atoms with Gasteiger partial charge in [0.05, 0.1) is 10.2 Å². The Morgan fingerprint density at radius 3 is 2.50 bits per heavy atom. The number of aryl methyl sites for hydroxylation is 2. The predicted molar refractivity (Wildman–Crippen MR) is 139 cm³/mol. The third-order valence-electron chi connectivity index (χ3n) is 5.82. The zero-order chi connectivity index (χ0) is 25.2. The van der Waals surface area contributed by atoms with E-state index in [0.717, 1.165) is 28.0 Å². The Hall–Kier alpha value is -4.61. The minimum atomic E-state index is -0.579. The van der Waals surface area contributed by atoms with E-state index in [2.05, 4.69) is 5.32 Å². The Kier molecular flexibility index (Phi) is 6.15. The quantitative estimate of drug-likeness (QED) is 0.469. The number of ether oxygens (including phenoxy) is 2. The highest BCUT2D eigenvalue weighted by molar-refractivity contribution is 7.07. The third kappa shape index (κ3) is 4.28. The Labute approximate surface area is 210 Å². The van der Waals surface area contributed by atoms with Crippen LogP contribution < -0.4 is 29.5 Å². The molecular weight excluding hydrogens is 474 g/mol. The summed E-state index contributed by atoms with van der Waals surface area (Å²) in [5.74, 6) is 0.663. The number of nitrogens with one attached hydrogen (secondary N) is 1. The lowest BCUT2D eigenvalue weighted by molar-refractivity contribution is -0.111. The first kappa shape index (κ1) is 23.1. The molecule has 0 atom stereocenters. The van der Waals surface area contributed by atoms with Crippen molar-refractivity contribution in [1.82, 2.24) is 4.57 Å². The van der Waals surface area contributed by atoms with Crippen molar-refractivity contribution in [3.8, 4) is 23.3 Å². The van der Waals surface area contributed by atoms with Gasteiger partial charge in [-0.15, -0.1) is 11.3 Å². The molecule has 1 amide bonds. The first-order valence-corrected chi connectivity index (χ1v) is 12.0. The number of carbonyl (C=O) groups excluding carboxylic acids is 1. The lowest BCUT2D eigenvalue weighted by Gasteiger charge is -2.09. The van der Waals surface area contributed by atoms with Gasteiger partial charge in [-0.25, -0.2) is 0 Å². The van der Waals surface area contributed by atoms with Crippen LogP contribution >= 0.6 is 11.3 Å². The zero-order valence-electron chi connectivity index (χ0n) is 19.6. The lowest BCUT2D eigenvalue weighted by Crippen LogP contribution is -2.32. The number of thiazole rings is 1. The Balaban J connectivity index is 1.73. The van der Waals surface area contributed by atoms with Crippen LogP contribution in [0.15, 0.2) is 71.5 Å². The molecule has 0 aliphatic carbocycles. The van der Waals surface area contributed by atoms with Gasteiger partial charge in [0.25, 0.3) is 11.5 Å². The molecule has 3 aromatic carbocycles. The number of anilines is 1. The van der Waals surface area contributed by atoms with Gasteiger partial charge in [-0.3, -0.25) is 14.2 Å². The molecule has 1 aromatic heterocycles. The summed E-state index contributed by atoms with van der Waals surface area (Å²) in [5.41, 5.74) is 3.18. The fourth-order valence-electron chi connectivity index (χ4n) is 3.93. The number of nitriles is 1. The maximum Gasteiger partial charge on any atom is 0.273 e. The Morgan fingerprint density at radius 2 is 1.75 bits per heavy atom. The van der Waals surface area contributed by atoms with Gasteiger partial charge in [-0.1, -0.05) is 42.5 Å². The molecule has 5 rings (SSSR count). The van der Waals surface area contributed by atoms with Gasteiger partial charge in [0.15, 0.2) is 17.1 Å². The van der Waals surface area contributed by atoms with Gasteiger partial charge in [0.1, 0.15) is 10.7 Å². The van der Waals surface area contributed by atoms with E-state index in [1.54, 1.807) is 30.3 Å². The highest BCUT2D eigenvalue weighted by Crippen LogP contribution is 2.32. The molecule has 178 valence electrons. The van der Waals surface area contributed by atoms with Crippen LogP contribution in [-0.4, -0.2) is 17.3 Å². The van der Waals surface area contributed by atoms with Crippen molar-refractivity contribution in [3.63, 3.8) is 0 Å². The summed E-state index contributed by atoms with van der Waals surface area (Å²) in [6, 6.07) is 22.1. The second-order valence-corrected chi connectivity index (χ2v) is 9.24. The first-order chi connectivity index (χ1) is 17.5. The molecule has 0 radical (unpaired) electrons. The summed E-state index contributed by atoms with van der Waals surface area (Å²) in [6.07, 6.45) is 1.72. The molecule has 0 spiro atoms. The maximum absolute atomic E-state index is 13.7. The normalized spacial score (nSPS) is 13.3. The maximum atomic E-state index is 13.7. The van der Waals surface area contributed by atoms with E-state index < -0.39 is 5.91 Å². The molecule has 0 saturated heterocycles. The van der Waals surface area contributed by atoms with Crippen LogP contribution in [0.3, 0.4) is 0 Å². The molecule has 7 nitrogen and oxygen atoms in total. The van der Waals surface area contributed by atoms with Crippen molar-refractivity contribution in [2.24, 2.45) is 0 Å². The highest BCUT2D eigenvalue weighted by atomic mass is 32.1. The number of nitrogens with zero attached hydrogens (tertiary/aromatic N) is 2. The van der Waals surface area contributed by atoms with E-state index in [1.165, 1.54) is 4.57 Å². The molecule has 8 heteroatoms. The number of fused-ring (bicyclic) bond motifs is 1. The first-order valence-electron chi connectivity index (χ1n) is 11.2. The predicted octanol–water partition coefficient (Wildman–Crippen LogP) is 3.39. The van der Waals surface area contributed by atoms with Crippen LogP contribution in [-0.2, 0) is 4.79 Å². The van der Waals surface area contributed by atoms with Crippen molar-refractivity contribution in [1.29, 1.82) is 5.26 Å². The number of amides is 1. The summed E-state index contributed by atoms with van der Waals surface area (Å²) < 4.78 is 12.9. The minimum absolute atomic E-state index is 0.144. The molecule has 36 heavy (non-hydrogen) atoms. The van der Waals surface area contributed by atoms with E-state index in [1.807, 2.05) is 62.4 Å². The molecule has 0 saturated carbocycles. The number of hydrogen-bond acceptors (Lipinski definition) is 6. The average Bonchev–Trinajstić information content (AvgIpc) is 3.46. The topological polar surface area (TPSA) is 93.4 Å². The molecule has 0 fully saturated rings. The van der Waals surface area contributed by atoms with Gasteiger partial charge >= 0.3 is 0 Å². The molecule has 4 aromatic rings. The van der Waals surface area contributed by atoms with Crippen LogP contribution in [0.4, 0.5) is 5.69 Å². The minimum Gasteiger partial charge on any atom is -0.454 e. The van der Waals surface area contributed by atoms with Crippen LogP contribution in [0.1, 0.15) is 16.7 Å². The zero-order valence-corrected chi connectivity index (χ0v) is 20.4. The van der Waals surface area contributed by atoms with Gasteiger partial charge in [-0.05, 0) is 60.9 Å². The number of benzene rings is 3. The van der Waals surface area contributed by atoms with Crippen LogP contribution in [0, 0.1) is 25.2 Å². The van der Waals surface area contributed by atoms with E-state index in [4.69, 9.17) is 9.47 Å². The summed E-state index contributed by atoms with van der Waals surface area (Å²) in [4.78, 5) is 26.9. The van der Waals surface area contributed by atoms with E-state index in [9.17, 15) is 14.9 Å². The average molecular weight is 496 g/mol. The Morgan fingerprint density at radius 1 is 1.03 bits per heavy atom. The van der Waals surface area contributed by atoms with Crippen molar-refractivity contribution >= 4 is 34.6 Å². The second-order valence-electron chi connectivity index (χ2n) is 8.21.